The van der Waals surface area contributed by atoms with Crippen LogP contribution >= 0.6 is 0 Å². The Bertz CT molecular complexity index is 1460. The van der Waals surface area contributed by atoms with Crippen LogP contribution in [0.4, 0.5) is 4.39 Å². The van der Waals surface area contributed by atoms with Crippen molar-refractivity contribution in [1.29, 1.82) is 0 Å². The maximum atomic E-state index is 14.4. The van der Waals surface area contributed by atoms with E-state index in [1.165, 1.54) is 36.4 Å². The van der Waals surface area contributed by atoms with Gasteiger partial charge < -0.3 is 14.2 Å². The lowest BCUT2D eigenvalue weighted by molar-refractivity contribution is -0.134. The molecule has 4 rings (SSSR count). The fourth-order valence-electron chi connectivity index (χ4n) is 3.84. The van der Waals surface area contributed by atoms with Crippen molar-refractivity contribution in [2.75, 3.05) is 26.4 Å². The van der Waals surface area contributed by atoms with Gasteiger partial charge in [-0.05, 0) is 55.7 Å². The Morgan fingerprint density at radius 2 is 1.92 bits per heavy atom. The standard InChI is InChI=1S/C28H32FN3O6S.2H2/c1-5-28(15-36-16-28)17-38-27-23(26(33)32-39(34,35)25-8-6-7-19(4)30-25)9-10-24(31-27)20-11-21(29)13-22(12-20)37-14-18(2)3;;/h6-13,18H,5,14-17H2,1-4H3,(H,32,33);2*1H. The molecule has 1 N–H and O–H groups in total. The molecule has 0 bridgehead atoms. The van der Waals surface area contributed by atoms with Gasteiger partial charge in [0.1, 0.15) is 17.1 Å². The van der Waals surface area contributed by atoms with Crippen molar-refractivity contribution in [1.82, 2.24) is 14.7 Å². The molecule has 1 saturated heterocycles. The first-order valence-corrected chi connectivity index (χ1v) is 14.1. The molecule has 39 heavy (non-hydrogen) atoms. The van der Waals surface area contributed by atoms with Gasteiger partial charge in [0.25, 0.3) is 15.9 Å². The van der Waals surface area contributed by atoms with E-state index in [2.05, 4.69) is 9.97 Å². The molecule has 3 aromatic rings. The van der Waals surface area contributed by atoms with E-state index in [0.29, 0.717) is 42.5 Å². The molecule has 0 saturated carbocycles. The van der Waals surface area contributed by atoms with Crippen LogP contribution in [0.15, 0.2) is 53.6 Å². The molecule has 0 radical (unpaired) electrons. The van der Waals surface area contributed by atoms with Gasteiger partial charge in [0, 0.05) is 20.2 Å². The van der Waals surface area contributed by atoms with E-state index in [-0.39, 0.29) is 37.3 Å². The summed E-state index contributed by atoms with van der Waals surface area (Å²) in [7, 11) is -4.26. The number of hydrogen-bond donors (Lipinski definition) is 1. The summed E-state index contributed by atoms with van der Waals surface area (Å²) in [5.74, 6) is -0.918. The average molecular weight is 562 g/mol. The second-order valence-corrected chi connectivity index (χ2v) is 11.7. The van der Waals surface area contributed by atoms with Gasteiger partial charge in [-0.2, -0.15) is 8.42 Å². The van der Waals surface area contributed by atoms with Crippen LogP contribution in [0.3, 0.4) is 0 Å². The van der Waals surface area contributed by atoms with E-state index in [1.807, 2.05) is 25.5 Å². The lowest BCUT2D eigenvalue weighted by Gasteiger charge is -2.40. The third kappa shape index (κ3) is 6.90. The predicted octanol–water partition coefficient (Wildman–Crippen LogP) is 5.04. The number of halogens is 1. The molecule has 0 spiro atoms. The highest BCUT2D eigenvalue weighted by molar-refractivity contribution is 7.90. The zero-order valence-corrected chi connectivity index (χ0v) is 23.2. The first-order valence-electron chi connectivity index (χ1n) is 12.7. The minimum absolute atomic E-state index is 0. The molecule has 1 aliphatic rings. The number of amides is 1. The molecule has 3 heterocycles. The van der Waals surface area contributed by atoms with Crippen LogP contribution in [-0.2, 0) is 14.8 Å². The van der Waals surface area contributed by atoms with Crippen LogP contribution in [0.25, 0.3) is 11.3 Å². The van der Waals surface area contributed by atoms with E-state index in [1.54, 1.807) is 19.1 Å². The fraction of sp³-hybridized carbons (Fsp3) is 0.393. The Morgan fingerprint density at radius 1 is 1.15 bits per heavy atom. The second kappa shape index (κ2) is 11.7. The topological polar surface area (TPSA) is 117 Å². The Balaban J connectivity index is 0.00000294. The highest BCUT2D eigenvalue weighted by Crippen LogP contribution is 2.33. The lowest BCUT2D eigenvalue weighted by Crippen LogP contribution is -2.46. The number of benzene rings is 1. The number of ether oxygens (including phenoxy) is 3. The third-order valence-corrected chi connectivity index (χ3v) is 7.53. The summed E-state index contributed by atoms with van der Waals surface area (Å²) < 4.78 is 59.2. The Labute approximate surface area is 230 Å². The summed E-state index contributed by atoms with van der Waals surface area (Å²) in [5, 5.41) is -0.284. The summed E-state index contributed by atoms with van der Waals surface area (Å²) in [6.45, 7) is 9.25. The van der Waals surface area contributed by atoms with E-state index in [0.717, 1.165) is 6.42 Å². The normalized spacial score (nSPS) is 14.5. The maximum absolute atomic E-state index is 14.4. The zero-order chi connectivity index (χ0) is 28.2. The molecule has 0 unspecified atom stereocenters. The van der Waals surface area contributed by atoms with Crippen molar-refractivity contribution >= 4 is 15.9 Å². The molecule has 9 nitrogen and oxygen atoms in total. The summed E-state index contributed by atoms with van der Waals surface area (Å²) in [6, 6.07) is 11.6. The molecule has 2 aromatic heterocycles. The van der Waals surface area contributed by atoms with E-state index < -0.39 is 21.7 Å². The van der Waals surface area contributed by atoms with Crippen molar-refractivity contribution in [3.05, 3.63) is 65.6 Å². The molecule has 0 atom stereocenters. The molecule has 1 fully saturated rings. The summed E-state index contributed by atoms with van der Waals surface area (Å²) in [5.41, 5.74) is 0.905. The number of aromatic nitrogens is 2. The van der Waals surface area contributed by atoms with Crippen LogP contribution in [0.2, 0.25) is 0 Å². The van der Waals surface area contributed by atoms with Gasteiger partial charge in [-0.1, -0.05) is 26.8 Å². The highest BCUT2D eigenvalue weighted by atomic mass is 32.2. The number of nitrogens with zero attached hydrogens (tertiary/aromatic N) is 2. The lowest BCUT2D eigenvalue weighted by atomic mass is 9.84. The smallest absolute Gasteiger partial charge is 0.281 e. The molecule has 1 aliphatic heterocycles. The Kier molecular flexibility index (Phi) is 8.51. The van der Waals surface area contributed by atoms with Gasteiger partial charge in [0.05, 0.1) is 37.5 Å². The first-order chi connectivity index (χ1) is 18.5. The first kappa shape index (κ1) is 28.4. The maximum Gasteiger partial charge on any atom is 0.281 e. The minimum Gasteiger partial charge on any atom is -0.493 e. The van der Waals surface area contributed by atoms with Crippen LogP contribution in [-0.4, -0.2) is 50.7 Å². The van der Waals surface area contributed by atoms with Gasteiger partial charge in [-0.15, -0.1) is 0 Å². The summed E-state index contributed by atoms with van der Waals surface area (Å²) in [4.78, 5) is 21.7. The minimum atomic E-state index is -4.26. The molecular weight excluding hydrogens is 525 g/mol. The molecule has 1 amide bonds. The fourth-order valence-corrected chi connectivity index (χ4v) is 4.82. The highest BCUT2D eigenvalue weighted by Gasteiger charge is 2.38. The number of hydrogen-bond acceptors (Lipinski definition) is 8. The average Bonchev–Trinajstić information content (AvgIpc) is 2.86. The van der Waals surface area contributed by atoms with Crippen molar-refractivity contribution in [2.24, 2.45) is 11.3 Å². The van der Waals surface area contributed by atoms with E-state index in [9.17, 15) is 17.6 Å². The van der Waals surface area contributed by atoms with Gasteiger partial charge in [-0.25, -0.2) is 19.1 Å². The van der Waals surface area contributed by atoms with Gasteiger partial charge in [0.15, 0.2) is 5.03 Å². The molecule has 212 valence electrons. The van der Waals surface area contributed by atoms with Crippen LogP contribution in [0, 0.1) is 24.1 Å². The second-order valence-electron chi connectivity index (χ2n) is 10.1. The van der Waals surface area contributed by atoms with Crippen molar-refractivity contribution < 1.29 is 34.7 Å². The number of carbonyl (C=O) groups is 1. The van der Waals surface area contributed by atoms with Gasteiger partial charge in [-0.3, -0.25) is 4.79 Å². The van der Waals surface area contributed by atoms with Crippen molar-refractivity contribution in [2.45, 2.75) is 39.1 Å². The number of carbonyl (C=O) groups excluding carboxylic acids is 1. The predicted molar refractivity (Wildman–Crippen MR) is 147 cm³/mol. The third-order valence-electron chi connectivity index (χ3n) is 6.30. The van der Waals surface area contributed by atoms with Crippen molar-refractivity contribution in [3.8, 4) is 22.9 Å². The van der Waals surface area contributed by atoms with Gasteiger partial charge in [0.2, 0.25) is 5.88 Å². The number of nitrogens with one attached hydrogen (secondary N) is 1. The quantitative estimate of drug-likeness (QED) is 0.346. The number of sulfonamides is 1. The van der Waals surface area contributed by atoms with E-state index in [4.69, 9.17) is 14.2 Å². The van der Waals surface area contributed by atoms with Crippen LogP contribution < -0.4 is 14.2 Å². The summed E-state index contributed by atoms with van der Waals surface area (Å²) in [6.07, 6.45) is 0.780. The molecule has 11 heteroatoms. The van der Waals surface area contributed by atoms with Crippen LogP contribution in [0.1, 0.15) is 46.1 Å². The molecule has 0 aliphatic carbocycles. The SMILES string of the molecule is CCC1(COc2nc(-c3cc(F)cc(OCC(C)C)c3)ccc2C(=O)NS(=O)(=O)c2cccc(C)n2)COC1.[HH].[HH]. The van der Waals surface area contributed by atoms with Gasteiger partial charge >= 0.3 is 0 Å². The summed E-state index contributed by atoms with van der Waals surface area (Å²) >= 11 is 0. The number of aryl methyl sites for hydroxylation is 1. The van der Waals surface area contributed by atoms with Crippen LogP contribution in [0.5, 0.6) is 11.6 Å². The Morgan fingerprint density at radius 3 is 2.56 bits per heavy atom. The largest absolute Gasteiger partial charge is 0.493 e. The molecule has 1 aromatic carbocycles. The number of rotatable bonds is 11. The number of pyridine rings is 2. The molecular formula is C28H36FN3O6S. The van der Waals surface area contributed by atoms with E-state index >= 15 is 0 Å². The zero-order valence-electron chi connectivity index (χ0n) is 22.4. The monoisotopic (exact) mass is 561 g/mol. The Hall–Kier alpha value is -3.57. The van der Waals surface area contributed by atoms with Crippen molar-refractivity contribution in [3.63, 3.8) is 0 Å².